The van der Waals surface area contributed by atoms with Gasteiger partial charge in [-0.05, 0) is 18.2 Å². The summed E-state index contributed by atoms with van der Waals surface area (Å²) >= 11 is 5.73. The largest absolute Gasteiger partial charge is 0.490 e. The maximum atomic E-state index is 12.7. The standard InChI is InChI=1S/C10H11Cl2FO4S/c11-9-7-8(13)1-2-10(9)17-4-3-16-5-6-18(12,14)15/h1-2,7H,3-6H2. The van der Waals surface area contributed by atoms with Crippen molar-refractivity contribution in [3.63, 3.8) is 0 Å². The highest BCUT2D eigenvalue weighted by atomic mass is 35.7. The normalized spacial score (nSPS) is 11.5. The predicted molar refractivity (Wildman–Crippen MR) is 67.4 cm³/mol. The van der Waals surface area contributed by atoms with Gasteiger partial charge in [0.2, 0.25) is 9.05 Å². The zero-order valence-corrected chi connectivity index (χ0v) is 11.6. The molecule has 0 aliphatic carbocycles. The Bertz CT molecular complexity index is 493. The van der Waals surface area contributed by atoms with Crippen LogP contribution < -0.4 is 4.74 Å². The molecule has 0 N–H and O–H groups in total. The van der Waals surface area contributed by atoms with Crippen molar-refractivity contribution in [2.75, 3.05) is 25.6 Å². The van der Waals surface area contributed by atoms with Crippen molar-refractivity contribution in [2.24, 2.45) is 0 Å². The van der Waals surface area contributed by atoms with Crippen LogP contribution in [0.2, 0.25) is 5.02 Å². The Morgan fingerprint density at radius 2 is 1.94 bits per heavy atom. The first-order valence-corrected chi connectivity index (χ1v) is 7.82. The number of hydrogen-bond donors (Lipinski definition) is 0. The summed E-state index contributed by atoms with van der Waals surface area (Å²) in [5.74, 6) is -0.367. The van der Waals surface area contributed by atoms with Gasteiger partial charge in [0.1, 0.15) is 18.2 Å². The second-order valence-corrected chi connectivity index (χ2v) is 6.58. The molecule has 0 radical (unpaired) electrons. The van der Waals surface area contributed by atoms with E-state index in [0.29, 0.717) is 5.75 Å². The van der Waals surface area contributed by atoms with Crippen molar-refractivity contribution in [3.8, 4) is 5.75 Å². The lowest BCUT2D eigenvalue weighted by Gasteiger charge is -2.08. The Hall–Kier alpha value is -0.560. The first-order valence-electron chi connectivity index (χ1n) is 4.96. The topological polar surface area (TPSA) is 52.6 Å². The van der Waals surface area contributed by atoms with Crippen molar-refractivity contribution in [1.82, 2.24) is 0 Å². The molecular weight excluding hydrogens is 306 g/mol. The van der Waals surface area contributed by atoms with Gasteiger partial charge in [-0.15, -0.1) is 0 Å². The monoisotopic (exact) mass is 316 g/mol. The van der Waals surface area contributed by atoms with E-state index in [2.05, 4.69) is 0 Å². The summed E-state index contributed by atoms with van der Waals surface area (Å²) in [4.78, 5) is 0. The second-order valence-electron chi connectivity index (χ2n) is 3.28. The van der Waals surface area contributed by atoms with Gasteiger partial charge < -0.3 is 9.47 Å². The number of halogens is 3. The van der Waals surface area contributed by atoms with Gasteiger partial charge in [0.25, 0.3) is 0 Å². The SMILES string of the molecule is O=S(=O)(Cl)CCOCCOc1ccc(F)cc1Cl. The molecule has 0 heterocycles. The highest BCUT2D eigenvalue weighted by molar-refractivity contribution is 8.13. The van der Waals surface area contributed by atoms with Crippen molar-refractivity contribution >= 4 is 31.3 Å². The average Bonchev–Trinajstić information content (AvgIpc) is 2.24. The van der Waals surface area contributed by atoms with Gasteiger partial charge in [0, 0.05) is 10.7 Å². The van der Waals surface area contributed by atoms with E-state index in [-0.39, 0.29) is 30.6 Å². The number of rotatable bonds is 7. The van der Waals surface area contributed by atoms with Gasteiger partial charge in [-0.2, -0.15) is 0 Å². The Kier molecular flexibility index (Phi) is 6.14. The van der Waals surface area contributed by atoms with Gasteiger partial charge in [-0.3, -0.25) is 0 Å². The Balaban J connectivity index is 2.22. The molecule has 0 saturated heterocycles. The zero-order chi connectivity index (χ0) is 13.6. The molecule has 0 aliphatic rings. The molecular formula is C10H11Cl2FO4S. The van der Waals surface area contributed by atoms with Crippen LogP contribution >= 0.6 is 22.3 Å². The maximum absolute atomic E-state index is 12.7. The fourth-order valence-electron chi connectivity index (χ4n) is 1.06. The summed E-state index contributed by atoms with van der Waals surface area (Å²) in [6, 6.07) is 3.76. The van der Waals surface area contributed by atoms with Crippen LogP contribution in [0.1, 0.15) is 0 Å². The number of benzene rings is 1. The lowest BCUT2D eigenvalue weighted by Crippen LogP contribution is -2.12. The summed E-state index contributed by atoms with van der Waals surface area (Å²) in [7, 11) is 1.45. The van der Waals surface area contributed by atoms with E-state index in [4.69, 9.17) is 31.8 Å². The minimum atomic E-state index is -3.53. The van der Waals surface area contributed by atoms with Crippen LogP contribution in [0.4, 0.5) is 4.39 Å². The van der Waals surface area contributed by atoms with Crippen LogP contribution in [0.15, 0.2) is 18.2 Å². The summed E-state index contributed by atoms with van der Waals surface area (Å²) in [5, 5.41) is 0.165. The smallest absolute Gasteiger partial charge is 0.234 e. The van der Waals surface area contributed by atoms with Crippen LogP contribution in [0.25, 0.3) is 0 Å². The first-order chi connectivity index (χ1) is 8.38. The molecule has 0 fully saturated rings. The molecule has 0 atom stereocenters. The van der Waals surface area contributed by atoms with E-state index in [9.17, 15) is 12.8 Å². The van der Waals surface area contributed by atoms with Gasteiger partial charge in [0.15, 0.2) is 0 Å². The average molecular weight is 317 g/mol. The molecule has 0 aliphatic heterocycles. The maximum Gasteiger partial charge on any atom is 0.234 e. The van der Waals surface area contributed by atoms with E-state index in [1.54, 1.807) is 0 Å². The van der Waals surface area contributed by atoms with E-state index < -0.39 is 14.9 Å². The summed E-state index contributed by atoms with van der Waals surface area (Å²) in [6.07, 6.45) is 0. The molecule has 102 valence electrons. The van der Waals surface area contributed by atoms with Crippen LogP contribution in [0, 0.1) is 5.82 Å². The molecule has 18 heavy (non-hydrogen) atoms. The Labute approximate surface area is 114 Å². The molecule has 8 heteroatoms. The third-order valence-electron chi connectivity index (χ3n) is 1.85. The predicted octanol–water partition coefficient (Wildman–Crippen LogP) is 2.44. The number of hydrogen-bond acceptors (Lipinski definition) is 4. The van der Waals surface area contributed by atoms with E-state index in [1.807, 2.05) is 0 Å². The van der Waals surface area contributed by atoms with Gasteiger partial charge in [-0.25, -0.2) is 12.8 Å². The van der Waals surface area contributed by atoms with Crippen LogP contribution in [-0.2, 0) is 13.8 Å². The van der Waals surface area contributed by atoms with Crippen molar-refractivity contribution in [2.45, 2.75) is 0 Å². The van der Waals surface area contributed by atoms with E-state index >= 15 is 0 Å². The first kappa shape index (κ1) is 15.5. The highest BCUT2D eigenvalue weighted by Gasteiger charge is 2.05. The molecule has 0 bridgehead atoms. The summed E-state index contributed by atoms with van der Waals surface area (Å²) in [5.41, 5.74) is 0. The summed E-state index contributed by atoms with van der Waals surface area (Å²) < 4.78 is 44.0. The van der Waals surface area contributed by atoms with Crippen molar-refractivity contribution in [1.29, 1.82) is 0 Å². The molecule has 1 rings (SSSR count). The Morgan fingerprint density at radius 3 is 2.56 bits per heavy atom. The molecule has 4 nitrogen and oxygen atoms in total. The van der Waals surface area contributed by atoms with Gasteiger partial charge >= 0.3 is 0 Å². The van der Waals surface area contributed by atoms with Gasteiger partial charge in [-0.1, -0.05) is 11.6 Å². The second kappa shape index (κ2) is 7.13. The summed E-state index contributed by atoms with van der Waals surface area (Å²) in [6.45, 7) is 0.347. The molecule has 0 saturated carbocycles. The quantitative estimate of drug-likeness (QED) is 0.572. The van der Waals surface area contributed by atoms with Crippen LogP contribution in [0.3, 0.4) is 0 Å². The van der Waals surface area contributed by atoms with Crippen molar-refractivity contribution < 1.29 is 22.3 Å². The lowest BCUT2D eigenvalue weighted by atomic mass is 10.3. The fraction of sp³-hybridized carbons (Fsp3) is 0.400. The zero-order valence-electron chi connectivity index (χ0n) is 9.24. The van der Waals surface area contributed by atoms with Crippen LogP contribution in [-0.4, -0.2) is 34.0 Å². The molecule has 0 unspecified atom stereocenters. The molecule has 0 aromatic heterocycles. The highest BCUT2D eigenvalue weighted by Crippen LogP contribution is 2.24. The van der Waals surface area contributed by atoms with Gasteiger partial charge in [0.05, 0.1) is 24.0 Å². The minimum Gasteiger partial charge on any atom is -0.490 e. The fourth-order valence-corrected chi connectivity index (χ4v) is 1.79. The number of ether oxygens (including phenoxy) is 2. The molecule has 1 aromatic rings. The Morgan fingerprint density at radius 1 is 1.22 bits per heavy atom. The lowest BCUT2D eigenvalue weighted by molar-refractivity contribution is 0.111. The van der Waals surface area contributed by atoms with E-state index in [1.165, 1.54) is 12.1 Å². The molecule has 0 spiro atoms. The van der Waals surface area contributed by atoms with E-state index in [0.717, 1.165) is 6.07 Å². The minimum absolute atomic E-state index is 0.00760. The molecule has 1 aromatic carbocycles. The third-order valence-corrected chi connectivity index (χ3v) is 3.26. The van der Waals surface area contributed by atoms with Crippen molar-refractivity contribution in [3.05, 3.63) is 29.0 Å². The van der Waals surface area contributed by atoms with Crippen LogP contribution in [0.5, 0.6) is 5.75 Å². The third kappa shape index (κ3) is 6.39. The molecule has 0 amide bonds.